The van der Waals surface area contributed by atoms with Gasteiger partial charge in [-0.15, -0.1) is 0 Å². The highest BCUT2D eigenvalue weighted by atomic mass is 32.2. The van der Waals surface area contributed by atoms with E-state index in [1.807, 2.05) is 6.92 Å². The Hall–Kier alpha value is -3.76. The number of carbonyl (C=O) groups is 1. The summed E-state index contributed by atoms with van der Waals surface area (Å²) in [6.45, 7) is 2.56. The van der Waals surface area contributed by atoms with Gasteiger partial charge >= 0.3 is 0 Å². The van der Waals surface area contributed by atoms with E-state index in [1.54, 1.807) is 30.6 Å². The first-order chi connectivity index (χ1) is 20.6. The van der Waals surface area contributed by atoms with Crippen LogP contribution in [0.3, 0.4) is 0 Å². The van der Waals surface area contributed by atoms with E-state index in [4.69, 9.17) is 4.74 Å². The van der Waals surface area contributed by atoms with E-state index in [-0.39, 0.29) is 42.9 Å². The third kappa shape index (κ3) is 6.17. The SMILES string of the molecule is CCOc1cncc(-c2ccc(NC(=O)C3(c4ccnc(NS(=O)(=O)C5CC5)n4)CCN(S(=O)(=O)C4CC4)CC3)nc2)n1. The van der Waals surface area contributed by atoms with Crippen molar-refractivity contribution in [2.75, 3.05) is 29.7 Å². The molecule has 14 nitrogen and oxygen atoms in total. The second-order valence-corrected chi connectivity index (χ2v) is 15.1. The average molecular weight is 629 g/mol. The van der Waals surface area contributed by atoms with Gasteiger partial charge in [0.1, 0.15) is 5.82 Å². The topological polar surface area (TPSA) is 186 Å². The van der Waals surface area contributed by atoms with Gasteiger partial charge in [0.15, 0.2) is 0 Å². The van der Waals surface area contributed by atoms with Gasteiger partial charge in [-0.1, -0.05) is 0 Å². The summed E-state index contributed by atoms with van der Waals surface area (Å²) in [5.41, 5.74) is 0.273. The highest BCUT2D eigenvalue weighted by Gasteiger charge is 2.49. The number of sulfonamides is 2. The smallest absolute Gasteiger partial charge is 0.237 e. The van der Waals surface area contributed by atoms with Gasteiger partial charge < -0.3 is 10.1 Å². The van der Waals surface area contributed by atoms with Crippen LogP contribution in [0.5, 0.6) is 5.88 Å². The lowest BCUT2D eigenvalue weighted by molar-refractivity contribution is -0.123. The number of hydrogen-bond acceptors (Lipinski definition) is 11. The monoisotopic (exact) mass is 628 g/mol. The van der Waals surface area contributed by atoms with Gasteiger partial charge in [0.25, 0.3) is 0 Å². The molecule has 1 amide bonds. The van der Waals surface area contributed by atoms with Crippen LogP contribution >= 0.6 is 0 Å². The minimum absolute atomic E-state index is 0.123. The Morgan fingerprint density at radius 2 is 1.72 bits per heavy atom. The van der Waals surface area contributed by atoms with Crippen LogP contribution in [0.15, 0.2) is 43.0 Å². The number of ether oxygens (including phenoxy) is 1. The van der Waals surface area contributed by atoms with Gasteiger partial charge in [-0.3, -0.25) is 14.5 Å². The van der Waals surface area contributed by atoms with Crippen LogP contribution in [0, 0.1) is 0 Å². The van der Waals surface area contributed by atoms with Crippen molar-refractivity contribution in [3.05, 3.63) is 48.7 Å². The van der Waals surface area contributed by atoms with Gasteiger partial charge in [0.05, 0.1) is 46.3 Å². The van der Waals surface area contributed by atoms with E-state index in [9.17, 15) is 21.6 Å². The fourth-order valence-electron chi connectivity index (χ4n) is 5.12. The molecule has 1 aliphatic heterocycles. The molecule has 0 aromatic carbocycles. The van der Waals surface area contributed by atoms with Crippen molar-refractivity contribution in [1.82, 2.24) is 29.2 Å². The van der Waals surface area contributed by atoms with E-state index in [0.717, 1.165) is 0 Å². The summed E-state index contributed by atoms with van der Waals surface area (Å²) in [7, 11) is -7.06. The van der Waals surface area contributed by atoms with Crippen LogP contribution in [-0.4, -0.2) is 82.2 Å². The minimum atomic E-state index is -3.63. The molecule has 3 fully saturated rings. The Bertz CT molecular complexity index is 1720. The van der Waals surface area contributed by atoms with E-state index < -0.39 is 36.6 Å². The van der Waals surface area contributed by atoms with Crippen molar-refractivity contribution >= 4 is 37.7 Å². The third-order valence-electron chi connectivity index (χ3n) is 7.86. The molecule has 0 atom stereocenters. The van der Waals surface area contributed by atoms with Crippen molar-refractivity contribution in [1.29, 1.82) is 0 Å². The fourth-order valence-corrected chi connectivity index (χ4v) is 8.24. The molecule has 43 heavy (non-hydrogen) atoms. The van der Waals surface area contributed by atoms with Crippen molar-refractivity contribution in [2.24, 2.45) is 0 Å². The Kier molecular flexibility index (Phi) is 7.76. The van der Waals surface area contributed by atoms with E-state index in [2.05, 4.69) is 35.0 Å². The number of carbonyl (C=O) groups excluding carboxylic acids is 1. The zero-order chi connectivity index (χ0) is 30.2. The molecule has 0 bridgehead atoms. The van der Waals surface area contributed by atoms with Gasteiger partial charge in [-0.2, -0.15) is 0 Å². The molecule has 2 N–H and O–H groups in total. The number of hydrogen-bond donors (Lipinski definition) is 2. The first-order valence-electron chi connectivity index (χ1n) is 14.2. The molecule has 0 spiro atoms. The standard InChI is InChI=1S/C27H32N8O6S2/c1-2-41-24-17-28-16-21(31-24)18-3-8-23(30-15-18)33-25(36)27(10-13-35(14-11-27)43(39,40)20-6-7-20)22-9-12-29-26(32-22)34-42(37,38)19-4-5-19/h3,8-9,12,15-17,19-20H,2,4-7,10-11,13-14H2,1H3,(H,29,32,34)(H,30,33,36). The highest BCUT2D eigenvalue weighted by Crippen LogP contribution is 2.40. The second kappa shape index (κ2) is 11.4. The molecule has 2 saturated carbocycles. The Labute approximate surface area is 249 Å². The number of nitrogens with one attached hydrogen (secondary N) is 2. The van der Waals surface area contributed by atoms with Crippen molar-refractivity contribution in [2.45, 2.75) is 61.4 Å². The zero-order valence-corrected chi connectivity index (χ0v) is 25.1. The Morgan fingerprint density at radius 1 is 0.977 bits per heavy atom. The van der Waals surface area contributed by atoms with Gasteiger partial charge in [0, 0.05) is 31.0 Å². The Morgan fingerprint density at radius 3 is 2.37 bits per heavy atom. The summed E-state index contributed by atoms with van der Waals surface area (Å²) in [6, 6.07) is 4.95. The predicted molar refractivity (Wildman–Crippen MR) is 157 cm³/mol. The molecule has 1 saturated heterocycles. The van der Waals surface area contributed by atoms with Crippen LogP contribution in [-0.2, 0) is 30.3 Å². The summed E-state index contributed by atoms with van der Waals surface area (Å²) in [4.78, 5) is 35.5. The molecule has 4 heterocycles. The molecule has 228 valence electrons. The highest BCUT2D eigenvalue weighted by molar-refractivity contribution is 7.93. The lowest BCUT2D eigenvalue weighted by atomic mass is 9.75. The second-order valence-electron chi connectivity index (χ2n) is 10.9. The van der Waals surface area contributed by atoms with Crippen LogP contribution in [0.1, 0.15) is 51.1 Å². The lowest BCUT2D eigenvalue weighted by Gasteiger charge is -2.39. The molecule has 0 unspecified atom stereocenters. The first kappa shape index (κ1) is 29.3. The lowest BCUT2D eigenvalue weighted by Crippen LogP contribution is -2.52. The van der Waals surface area contributed by atoms with Gasteiger partial charge in [0.2, 0.25) is 37.8 Å². The fraction of sp³-hybridized carbons (Fsp3) is 0.481. The van der Waals surface area contributed by atoms with Crippen LogP contribution < -0.4 is 14.8 Å². The van der Waals surface area contributed by atoms with Crippen molar-refractivity contribution < 1.29 is 26.4 Å². The minimum Gasteiger partial charge on any atom is -0.477 e. The largest absolute Gasteiger partial charge is 0.477 e. The number of anilines is 2. The number of rotatable bonds is 11. The Balaban J connectivity index is 1.26. The molecule has 3 aliphatic rings. The maximum absolute atomic E-state index is 14.0. The van der Waals surface area contributed by atoms with Crippen LogP contribution in [0.4, 0.5) is 11.8 Å². The van der Waals surface area contributed by atoms with E-state index in [1.165, 1.54) is 16.7 Å². The van der Waals surface area contributed by atoms with Gasteiger partial charge in [-0.05, 0) is 63.6 Å². The summed E-state index contributed by atoms with van der Waals surface area (Å²) < 4.78 is 60.3. The molecular formula is C27H32N8O6S2. The number of piperidine rings is 1. The first-order valence-corrected chi connectivity index (χ1v) is 17.2. The summed E-state index contributed by atoms with van der Waals surface area (Å²) in [5.74, 6) is 0.114. The van der Waals surface area contributed by atoms with Gasteiger partial charge in [-0.25, -0.2) is 41.1 Å². The van der Waals surface area contributed by atoms with E-state index >= 15 is 0 Å². The number of nitrogens with zero attached hydrogens (tertiary/aromatic N) is 6. The molecule has 3 aromatic rings. The van der Waals surface area contributed by atoms with Crippen molar-refractivity contribution in [3.8, 4) is 17.1 Å². The molecule has 2 aliphatic carbocycles. The quantitative estimate of drug-likeness (QED) is 0.317. The molecular weight excluding hydrogens is 596 g/mol. The normalized spacial score (nSPS) is 19.0. The summed E-state index contributed by atoms with van der Waals surface area (Å²) in [5, 5.41) is 2.03. The molecule has 0 radical (unpaired) electrons. The molecule has 6 rings (SSSR count). The zero-order valence-electron chi connectivity index (χ0n) is 23.5. The van der Waals surface area contributed by atoms with Crippen LogP contribution in [0.2, 0.25) is 0 Å². The van der Waals surface area contributed by atoms with Crippen LogP contribution in [0.25, 0.3) is 11.3 Å². The third-order valence-corrected chi connectivity index (χ3v) is 12.1. The molecule has 3 aromatic heterocycles. The average Bonchev–Trinajstić information content (AvgIpc) is 3.90. The number of pyridine rings is 1. The maximum atomic E-state index is 14.0. The number of amides is 1. The molecule has 16 heteroatoms. The summed E-state index contributed by atoms with van der Waals surface area (Å²) in [6.07, 6.45) is 8.79. The predicted octanol–water partition coefficient (Wildman–Crippen LogP) is 2.10. The maximum Gasteiger partial charge on any atom is 0.237 e. The van der Waals surface area contributed by atoms with E-state index in [0.29, 0.717) is 55.1 Å². The van der Waals surface area contributed by atoms with Crippen molar-refractivity contribution in [3.63, 3.8) is 0 Å². The summed E-state index contributed by atoms with van der Waals surface area (Å²) >= 11 is 0. The number of aromatic nitrogens is 5.